The summed E-state index contributed by atoms with van der Waals surface area (Å²) in [4.78, 5) is 6.78. The highest BCUT2D eigenvalue weighted by atomic mass is 127. The highest BCUT2D eigenvalue weighted by molar-refractivity contribution is 14.0. The molecular formula is C23H38IN3O3. The summed E-state index contributed by atoms with van der Waals surface area (Å²) in [5.74, 6) is 1.85. The lowest BCUT2D eigenvalue weighted by atomic mass is 10.1. The van der Waals surface area contributed by atoms with Crippen molar-refractivity contribution in [3.8, 4) is 5.75 Å². The van der Waals surface area contributed by atoms with Crippen LogP contribution in [-0.2, 0) is 9.47 Å². The van der Waals surface area contributed by atoms with Crippen molar-refractivity contribution in [1.29, 1.82) is 0 Å². The van der Waals surface area contributed by atoms with Gasteiger partial charge in [0.25, 0.3) is 0 Å². The molecule has 170 valence electrons. The molecule has 30 heavy (non-hydrogen) atoms. The van der Waals surface area contributed by atoms with Gasteiger partial charge in [0, 0.05) is 26.7 Å². The number of aryl methyl sites for hydroxylation is 1. The second kappa shape index (κ2) is 13.4. The van der Waals surface area contributed by atoms with Crippen LogP contribution in [0.2, 0.25) is 0 Å². The van der Waals surface area contributed by atoms with Gasteiger partial charge in [-0.2, -0.15) is 0 Å². The Labute approximate surface area is 198 Å². The van der Waals surface area contributed by atoms with E-state index in [1.807, 2.05) is 19.2 Å². The number of rotatable bonds is 7. The van der Waals surface area contributed by atoms with Gasteiger partial charge in [0.2, 0.25) is 0 Å². The van der Waals surface area contributed by atoms with E-state index in [0.29, 0.717) is 12.2 Å². The third-order valence-electron chi connectivity index (χ3n) is 5.62. The monoisotopic (exact) mass is 531 g/mol. The Kier molecular flexibility index (Phi) is 11.2. The molecule has 2 fully saturated rings. The molecule has 2 saturated heterocycles. The van der Waals surface area contributed by atoms with E-state index in [-0.39, 0.29) is 30.1 Å². The molecule has 0 radical (unpaired) electrons. The number of ether oxygens (including phenoxy) is 3. The third kappa shape index (κ3) is 8.23. The molecule has 2 unspecified atom stereocenters. The van der Waals surface area contributed by atoms with Crippen LogP contribution in [0.15, 0.2) is 29.3 Å². The number of benzene rings is 1. The van der Waals surface area contributed by atoms with Crippen LogP contribution in [0.1, 0.15) is 44.6 Å². The predicted octanol–water partition coefficient (Wildman–Crippen LogP) is 4.01. The first kappa shape index (κ1) is 25.2. The lowest BCUT2D eigenvalue weighted by Crippen LogP contribution is -2.49. The van der Waals surface area contributed by atoms with Crippen LogP contribution in [0.5, 0.6) is 5.75 Å². The molecule has 1 aromatic rings. The molecule has 0 aromatic heterocycles. The van der Waals surface area contributed by atoms with E-state index in [4.69, 9.17) is 14.2 Å². The average Bonchev–Trinajstić information content (AvgIpc) is 2.74. The third-order valence-corrected chi connectivity index (χ3v) is 5.62. The normalized spacial score (nSPS) is 21.6. The van der Waals surface area contributed by atoms with Crippen molar-refractivity contribution < 1.29 is 14.2 Å². The molecule has 2 aliphatic rings. The second-order valence-electron chi connectivity index (χ2n) is 8.18. The van der Waals surface area contributed by atoms with Crippen molar-refractivity contribution in [3.63, 3.8) is 0 Å². The van der Waals surface area contributed by atoms with Crippen LogP contribution in [0.3, 0.4) is 0 Å². The highest BCUT2D eigenvalue weighted by Crippen LogP contribution is 2.18. The van der Waals surface area contributed by atoms with Gasteiger partial charge in [-0.1, -0.05) is 12.1 Å². The van der Waals surface area contributed by atoms with Gasteiger partial charge in [-0.25, -0.2) is 0 Å². The summed E-state index contributed by atoms with van der Waals surface area (Å²) < 4.78 is 17.9. The van der Waals surface area contributed by atoms with E-state index in [9.17, 15) is 0 Å². The van der Waals surface area contributed by atoms with Gasteiger partial charge in [0.15, 0.2) is 5.96 Å². The number of piperidine rings is 1. The van der Waals surface area contributed by atoms with E-state index in [1.165, 1.54) is 18.4 Å². The lowest BCUT2D eigenvalue weighted by Gasteiger charge is -2.35. The van der Waals surface area contributed by atoms with Gasteiger partial charge in [0.1, 0.15) is 11.9 Å². The minimum atomic E-state index is 0. The zero-order valence-electron chi connectivity index (χ0n) is 18.6. The maximum absolute atomic E-state index is 6.13. The van der Waals surface area contributed by atoms with Crippen molar-refractivity contribution in [2.24, 2.45) is 4.99 Å². The number of hydrogen-bond acceptors (Lipinski definition) is 4. The summed E-state index contributed by atoms with van der Waals surface area (Å²) in [7, 11) is 1.84. The molecule has 6 nitrogen and oxygen atoms in total. The zero-order chi connectivity index (χ0) is 20.5. The summed E-state index contributed by atoms with van der Waals surface area (Å²) in [5, 5.41) is 3.46. The Morgan fingerprint density at radius 1 is 1.27 bits per heavy atom. The van der Waals surface area contributed by atoms with Crippen molar-refractivity contribution >= 4 is 29.9 Å². The second-order valence-corrected chi connectivity index (χ2v) is 8.18. The average molecular weight is 531 g/mol. The van der Waals surface area contributed by atoms with Crippen LogP contribution in [-0.4, -0.2) is 69.1 Å². The molecule has 2 heterocycles. The van der Waals surface area contributed by atoms with Crippen LogP contribution in [0.4, 0.5) is 0 Å². The number of nitrogens with zero attached hydrogens (tertiary/aromatic N) is 2. The van der Waals surface area contributed by atoms with Crippen molar-refractivity contribution in [2.75, 3.05) is 39.9 Å². The van der Waals surface area contributed by atoms with Gasteiger partial charge in [-0.3, -0.25) is 4.99 Å². The smallest absolute Gasteiger partial charge is 0.193 e. The zero-order valence-corrected chi connectivity index (χ0v) is 21.0. The first-order valence-corrected chi connectivity index (χ1v) is 11.1. The molecule has 7 heteroatoms. The minimum absolute atomic E-state index is 0. The van der Waals surface area contributed by atoms with Crippen molar-refractivity contribution in [1.82, 2.24) is 10.2 Å². The van der Waals surface area contributed by atoms with E-state index in [2.05, 4.69) is 41.2 Å². The number of guanidine groups is 1. The molecule has 0 amide bonds. The molecule has 1 aromatic carbocycles. The number of hydrogen-bond donors (Lipinski definition) is 1. The number of nitrogens with one attached hydrogen (secondary N) is 1. The largest absolute Gasteiger partial charge is 0.489 e. The van der Waals surface area contributed by atoms with Crippen LogP contribution in [0, 0.1) is 6.92 Å². The van der Waals surface area contributed by atoms with E-state index < -0.39 is 0 Å². The van der Waals surface area contributed by atoms with Crippen molar-refractivity contribution in [2.45, 2.75) is 64.3 Å². The first-order chi connectivity index (χ1) is 14.1. The Morgan fingerprint density at radius 3 is 2.73 bits per heavy atom. The molecule has 0 aliphatic carbocycles. The fourth-order valence-electron chi connectivity index (χ4n) is 3.95. The van der Waals surface area contributed by atoms with Gasteiger partial charge in [0.05, 0.1) is 25.4 Å². The van der Waals surface area contributed by atoms with E-state index in [0.717, 1.165) is 63.8 Å². The number of likely N-dealkylation sites (tertiary alicyclic amines) is 1. The molecule has 0 spiro atoms. The van der Waals surface area contributed by atoms with Crippen LogP contribution >= 0.6 is 24.0 Å². The van der Waals surface area contributed by atoms with Gasteiger partial charge < -0.3 is 24.4 Å². The molecule has 2 atom stereocenters. The fourth-order valence-corrected chi connectivity index (χ4v) is 3.95. The van der Waals surface area contributed by atoms with Gasteiger partial charge in [-0.15, -0.1) is 24.0 Å². The fraction of sp³-hybridized carbons (Fsp3) is 0.696. The van der Waals surface area contributed by atoms with E-state index in [1.54, 1.807) is 0 Å². The maximum Gasteiger partial charge on any atom is 0.193 e. The molecular weight excluding hydrogens is 493 g/mol. The Bertz CT molecular complexity index is 644. The molecule has 1 N–H and O–H groups in total. The Balaban J connectivity index is 0.00000320. The SMILES string of the molecule is CN=C(NCC(C)Oc1cccc(C)c1)N1CCC(OCC2CCCCO2)CC1.I. The summed E-state index contributed by atoms with van der Waals surface area (Å²) in [6.45, 7) is 8.43. The summed E-state index contributed by atoms with van der Waals surface area (Å²) in [6.07, 6.45) is 6.34. The topological polar surface area (TPSA) is 55.3 Å². The Hall–Kier alpha value is -1.06. The standard InChI is InChI=1S/C23H37N3O3.HI/c1-18-7-6-9-21(15-18)29-19(2)16-25-23(24-3)26-12-10-20(11-13-26)28-17-22-8-4-5-14-27-22;/h6-7,9,15,19-20,22H,4-5,8,10-14,16-17H2,1-3H3,(H,24,25);1H. The van der Waals surface area contributed by atoms with Crippen LogP contribution in [0.25, 0.3) is 0 Å². The molecule has 0 saturated carbocycles. The minimum Gasteiger partial charge on any atom is -0.489 e. The number of aliphatic imine (C=N–C) groups is 1. The first-order valence-electron chi connectivity index (χ1n) is 11.1. The predicted molar refractivity (Wildman–Crippen MR) is 132 cm³/mol. The quantitative estimate of drug-likeness (QED) is 0.328. The number of halogens is 1. The highest BCUT2D eigenvalue weighted by Gasteiger charge is 2.24. The Morgan fingerprint density at radius 2 is 2.07 bits per heavy atom. The molecule has 3 rings (SSSR count). The van der Waals surface area contributed by atoms with E-state index >= 15 is 0 Å². The van der Waals surface area contributed by atoms with Crippen molar-refractivity contribution in [3.05, 3.63) is 29.8 Å². The molecule has 0 bridgehead atoms. The van der Waals surface area contributed by atoms with Gasteiger partial charge >= 0.3 is 0 Å². The maximum atomic E-state index is 6.13. The lowest BCUT2D eigenvalue weighted by molar-refractivity contribution is -0.0721. The summed E-state index contributed by atoms with van der Waals surface area (Å²) in [5.41, 5.74) is 1.21. The van der Waals surface area contributed by atoms with Gasteiger partial charge in [-0.05, 0) is 63.6 Å². The summed E-state index contributed by atoms with van der Waals surface area (Å²) >= 11 is 0. The summed E-state index contributed by atoms with van der Waals surface area (Å²) in [6, 6.07) is 8.17. The molecule has 2 aliphatic heterocycles. The van der Waals surface area contributed by atoms with Crippen LogP contribution < -0.4 is 10.1 Å².